The van der Waals surface area contributed by atoms with E-state index in [4.69, 9.17) is 23.7 Å². The van der Waals surface area contributed by atoms with Crippen molar-refractivity contribution in [1.29, 1.82) is 0 Å². The quantitative estimate of drug-likeness (QED) is 0.137. The lowest BCUT2D eigenvalue weighted by Crippen LogP contribution is -2.14. The maximum absolute atomic E-state index is 10.9. The lowest BCUT2D eigenvalue weighted by atomic mass is 10.2. The first-order valence-electron chi connectivity index (χ1n) is 10.5. The normalized spacial score (nSPS) is 9.39. The Morgan fingerprint density at radius 2 is 0.939 bits per heavy atom. The maximum Gasteiger partial charge on any atom is 0.333 e. The van der Waals surface area contributed by atoms with E-state index in [1.54, 1.807) is 13.8 Å². The fourth-order valence-corrected chi connectivity index (χ4v) is 1.76. The van der Waals surface area contributed by atoms with E-state index < -0.39 is 11.9 Å². The van der Waals surface area contributed by atoms with Gasteiger partial charge in [0.1, 0.15) is 13.2 Å². The molecule has 9 nitrogen and oxygen atoms in total. The van der Waals surface area contributed by atoms with Crippen LogP contribution in [0.4, 0.5) is 0 Å². The zero-order chi connectivity index (χ0) is 25.5. The van der Waals surface area contributed by atoms with Gasteiger partial charge in [-0.1, -0.05) is 26.3 Å². The molecule has 0 unspecified atom stereocenters. The highest BCUT2D eigenvalue weighted by atomic mass is 16.6. The van der Waals surface area contributed by atoms with Crippen molar-refractivity contribution < 1.29 is 42.9 Å². The van der Waals surface area contributed by atoms with Crippen LogP contribution in [0.2, 0.25) is 0 Å². The molecule has 0 aliphatic carbocycles. The fourth-order valence-electron chi connectivity index (χ4n) is 1.76. The SMILES string of the molecule is C=C(C)C(=O)OCCOCCOC(=O)C(=C)C.C=CC(=O)OCCCCCCOC(=O)C=C. The zero-order valence-electron chi connectivity index (χ0n) is 19.7. The average Bonchev–Trinajstić information content (AvgIpc) is 2.79. The van der Waals surface area contributed by atoms with E-state index in [0.29, 0.717) is 24.4 Å². The summed E-state index contributed by atoms with van der Waals surface area (Å²) in [5, 5.41) is 0. The molecule has 186 valence electrons. The lowest BCUT2D eigenvalue weighted by molar-refractivity contribution is -0.142. The first-order valence-corrected chi connectivity index (χ1v) is 10.5. The Balaban J connectivity index is 0. The number of ether oxygens (including phenoxy) is 5. The highest BCUT2D eigenvalue weighted by Crippen LogP contribution is 2.01. The molecule has 0 rings (SSSR count). The molecule has 0 atom stereocenters. The Kier molecular flexibility index (Phi) is 21.3. The van der Waals surface area contributed by atoms with Crippen LogP contribution < -0.4 is 0 Å². The van der Waals surface area contributed by atoms with Gasteiger partial charge < -0.3 is 23.7 Å². The number of rotatable bonds is 17. The van der Waals surface area contributed by atoms with E-state index >= 15 is 0 Å². The zero-order valence-corrected chi connectivity index (χ0v) is 19.7. The molecule has 0 aromatic rings. The van der Waals surface area contributed by atoms with E-state index in [1.165, 1.54) is 0 Å². The molecule has 0 aromatic heterocycles. The summed E-state index contributed by atoms with van der Waals surface area (Å²) in [5.41, 5.74) is 0.695. The Morgan fingerprint density at radius 1 is 0.576 bits per heavy atom. The summed E-state index contributed by atoms with van der Waals surface area (Å²) in [6, 6.07) is 0. The van der Waals surface area contributed by atoms with Crippen molar-refractivity contribution >= 4 is 23.9 Å². The van der Waals surface area contributed by atoms with Gasteiger partial charge in [0, 0.05) is 23.3 Å². The van der Waals surface area contributed by atoms with Gasteiger partial charge in [0.2, 0.25) is 0 Å². The molecular formula is C24H36O9. The molecule has 0 heterocycles. The Labute approximate surface area is 196 Å². The molecule has 0 aliphatic heterocycles. The third-order valence-corrected chi connectivity index (χ3v) is 3.48. The van der Waals surface area contributed by atoms with E-state index in [0.717, 1.165) is 37.8 Å². The number of esters is 4. The smallest absolute Gasteiger partial charge is 0.333 e. The van der Waals surface area contributed by atoms with Crippen LogP contribution >= 0.6 is 0 Å². The highest BCUT2D eigenvalue weighted by molar-refractivity contribution is 5.87. The monoisotopic (exact) mass is 468 g/mol. The van der Waals surface area contributed by atoms with Crippen molar-refractivity contribution in [2.45, 2.75) is 39.5 Å². The summed E-state index contributed by atoms with van der Waals surface area (Å²) >= 11 is 0. The number of hydrogen-bond acceptors (Lipinski definition) is 9. The van der Waals surface area contributed by atoms with Crippen molar-refractivity contribution in [2.24, 2.45) is 0 Å². The first kappa shape index (κ1) is 32.0. The van der Waals surface area contributed by atoms with Gasteiger partial charge in [-0.25, -0.2) is 19.2 Å². The van der Waals surface area contributed by atoms with Crippen LogP contribution in [0.15, 0.2) is 49.6 Å². The van der Waals surface area contributed by atoms with Crippen LogP contribution in [0.25, 0.3) is 0 Å². The van der Waals surface area contributed by atoms with Crippen molar-refractivity contribution in [3.63, 3.8) is 0 Å². The third kappa shape index (κ3) is 23.3. The van der Waals surface area contributed by atoms with Crippen LogP contribution in [0.3, 0.4) is 0 Å². The second-order valence-corrected chi connectivity index (χ2v) is 6.60. The summed E-state index contributed by atoms with van der Waals surface area (Å²) in [5.74, 6) is -1.66. The van der Waals surface area contributed by atoms with Crippen LogP contribution in [0, 0.1) is 0 Å². The molecule has 0 saturated carbocycles. The standard InChI is InChI=1S/C12H18O5.C12H18O4/c1-9(2)11(13)16-7-5-15-6-8-17-12(14)10(3)4;1-3-11(13)15-9-7-5-6-8-10-16-12(14)4-2/h1,3,5-8H2,2,4H3;3-4H,1-2,5-10H2. The second kappa shape index (κ2) is 22.0. The summed E-state index contributed by atoms with van der Waals surface area (Å²) < 4.78 is 24.2. The van der Waals surface area contributed by atoms with Crippen molar-refractivity contribution in [2.75, 3.05) is 39.6 Å². The molecular weight excluding hydrogens is 432 g/mol. The number of carbonyl (C=O) groups excluding carboxylic acids is 4. The Bertz CT molecular complexity index is 609. The van der Waals surface area contributed by atoms with Gasteiger partial charge in [0.15, 0.2) is 0 Å². The highest BCUT2D eigenvalue weighted by Gasteiger charge is 2.03. The van der Waals surface area contributed by atoms with Gasteiger partial charge >= 0.3 is 23.9 Å². The lowest BCUT2D eigenvalue weighted by Gasteiger charge is -2.06. The van der Waals surface area contributed by atoms with Crippen LogP contribution in [-0.2, 0) is 42.9 Å². The molecule has 0 N–H and O–H groups in total. The third-order valence-electron chi connectivity index (χ3n) is 3.48. The Morgan fingerprint density at radius 3 is 1.24 bits per heavy atom. The van der Waals surface area contributed by atoms with Crippen molar-refractivity contribution in [3.05, 3.63) is 49.6 Å². The predicted octanol–water partition coefficient (Wildman–Crippen LogP) is 3.25. The predicted molar refractivity (Wildman–Crippen MR) is 123 cm³/mol. The minimum atomic E-state index is -0.442. The van der Waals surface area contributed by atoms with Gasteiger partial charge in [-0.15, -0.1) is 0 Å². The number of carbonyl (C=O) groups is 4. The summed E-state index contributed by atoms with van der Waals surface area (Å²) in [6.07, 6.45) is 5.81. The van der Waals surface area contributed by atoms with Crippen molar-refractivity contribution in [1.82, 2.24) is 0 Å². The second-order valence-electron chi connectivity index (χ2n) is 6.60. The van der Waals surface area contributed by atoms with E-state index in [-0.39, 0.29) is 38.4 Å². The van der Waals surface area contributed by atoms with Crippen LogP contribution in [0.1, 0.15) is 39.5 Å². The molecule has 0 radical (unpaired) electrons. The van der Waals surface area contributed by atoms with Crippen LogP contribution in [-0.4, -0.2) is 63.5 Å². The molecule has 33 heavy (non-hydrogen) atoms. The summed E-state index contributed by atoms with van der Waals surface area (Å²) in [7, 11) is 0. The topological polar surface area (TPSA) is 114 Å². The number of unbranched alkanes of at least 4 members (excludes halogenated alkanes) is 3. The van der Waals surface area contributed by atoms with E-state index in [1.807, 2.05) is 0 Å². The minimum Gasteiger partial charge on any atom is -0.463 e. The molecule has 0 spiro atoms. The van der Waals surface area contributed by atoms with Gasteiger partial charge in [-0.3, -0.25) is 0 Å². The summed E-state index contributed by atoms with van der Waals surface area (Å²) in [6.45, 7) is 18.2. The minimum absolute atomic E-state index is 0.153. The first-order chi connectivity index (χ1) is 15.6. The number of hydrogen-bond donors (Lipinski definition) is 0. The summed E-state index contributed by atoms with van der Waals surface area (Å²) in [4.78, 5) is 43.2. The molecule has 0 amide bonds. The molecule has 0 fully saturated rings. The van der Waals surface area contributed by atoms with Gasteiger partial charge in [-0.05, 0) is 39.5 Å². The van der Waals surface area contributed by atoms with Crippen LogP contribution in [0.5, 0.6) is 0 Å². The molecule has 0 saturated heterocycles. The average molecular weight is 469 g/mol. The fraction of sp³-hybridized carbons (Fsp3) is 0.500. The Hall–Kier alpha value is -3.20. The van der Waals surface area contributed by atoms with E-state index in [2.05, 4.69) is 26.3 Å². The molecule has 9 heteroatoms. The van der Waals surface area contributed by atoms with Gasteiger partial charge in [-0.2, -0.15) is 0 Å². The van der Waals surface area contributed by atoms with Gasteiger partial charge in [0.05, 0.1) is 26.4 Å². The van der Waals surface area contributed by atoms with Gasteiger partial charge in [0.25, 0.3) is 0 Å². The molecule has 0 aromatic carbocycles. The molecule has 0 bridgehead atoms. The molecule has 0 aliphatic rings. The maximum atomic E-state index is 10.9. The van der Waals surface area contributed by atoms with E-state index in [9.17, 15) is 19.2 Å². The largest absolute Gasteiger partial charge is 0.463 e. The van der Waals surface area contributed by atoms with Crippen molar-refractivity contribution in [3.8, 4) is 0 Å².